The fraction of sp³-hybridized carbons (Fsp3) is 0.348. The molecule has 1 N–H and O–H groups in total. The molecule has 0 aliphatic rings. The molecule has 0 spiro atoms. The minimum Gasteiger partial charge on any atom is -0.496 e. The molecule has 5 nitrogen and oxygen atoms in total. The number of rotatable bonds is 6. The summed E-state index contributed by atoms with van der Waals surface area (Å²) in [5.41, 5.74) is 4.99. The number of hydrogen-bond acceptors (Lipinski definition) is 4. The molecule has 0 radical (unpaired) electrons. The molecule has 5 heteroatoms. The summed E-state index contributed by atoms with van der Waals surface area (Å²) in [5, 5.41) is 4.02. The number of aryl methyl sites for hydroxylation is 3. The van der Waals surface area contributed by atoms with Gasteiger partial charge in [0.1, 0.15) is 11.3 Å². The van der Waals surface area contributed by atoms with Crippen molar-refractivity contribution in [2.24, 2.45) is 0 Å². The summed E-state index contributed by atoms with van der Waals surface area (Å²) in [6.45, 7) is 6.48. The predicted molar refractivity (Wildman–Crippen MR) is 112 cm³/mol. The monoisotopic (exact) mass is 380 g/mol. The van der Waals surface area contributed by atoms with Crippen molar-refractivity contribution in [1.82, 2.24) is 10.2 Å². The van der Waals surface area contributed by atoms with Gasteiger partial charge in [-0.25, -0.2) is 0 Å². The van der Waals surface area contributed by atoms with Crippen LogP contribution in [-0.4, -0.2) is 38.6 Å². The smallest absolute Gasteiger partial charge is 0.287 e. The summed E-state index contributed by atoms with van der Waals surface area (Å²) in [6.07, 6.45) is 0. The summed E-state index contributed by atoms with van der Waals surface area (Å²) >= 11 is 0. The molecule has 3 rings (SSSR count). The maximum atomic E-state index is 12.9. The summed E-state index contributed by atoms with van der Waals surface area (Å²) in [7, 11) is 5.63. The van der Waals surface area contributed by atoms with Gasteiger partial charge in [0.05, 0.1) is 13.2 Å². The third kappa shape index (κ3) is 3.76. The first-order valence-corrected chi connectivity index (χ1v) is 9.41. The van der Waals surface area contributed by atoms with Gasteiger partial charge in [-0.2, -0.15) is 0 Å². The van der Waals surface area contributed by atoms with Crippen molar-refractivity contribution in [2.45, 2.75) is 26.8 Å². The standard InChI is InChI=1S/C23H28N2O3/c1-14-11-18-16(3)22(28-21(18)12-15(14)2)23(26)24-13-19(25(4)5)17-9-7-8-10-20(17)27-6/h7-12,19H,13H2,1-6H3,(H,24,26)/t19-/m1/s1. The van der Waals surface area contributed by atoms with Gasteiger partial charge in [-0.1, -0.05) is 18.2 Å². The number of carbonyl (C=O) groups is 1. The summed E-state index contributed by atoms with van der Waals surface area (Å²) in [6, 6.07) is 11.9. The molecule has 0 saturated heterocycles. The fourth-order valence-corrected chi connectivity index (χ4v) is 3.47. The Morgan fingerprint density at radius 1 is 1.14 bits per heavy atom. The largest absolute Gasteiger partial charge is 0.496 e. The molecule has 0 aliphatic carbocycles. The van der Waals surface area contributed by atoms with Gasteiger partial charge in [-0.15, -0.1) is 0 Å². The number of ether oxygens (including phenoxy) is 1. The van der Waals surface area contributed by atoms with Crippen LogP contribution in [0.15, 0.2) is 40.8 Å². The average Bonchev–Trinajstić information content (AvgIpc) is 2.98. The van der Waals surface area contributed by atoms with Crippen molar-refractivity contribution in [3.05, 3.63) is 64.4 Å². The van der Waals surface area contributed by atoms with E-state index >= 15 is 0 Å². The van der Waals surface area contributed by atoms with Gasteiger partial charge >= 0.3 is 0 Å². The normalized spacial score (nSPS) is 12.4. The van der Waals surface area contributed by atoms with Crippen molar-refractivity contribution in [3.63, 3.8) is 0 Å². The first kappa shape index (κ1) is 20.0. The molecule has 2 aromatic carbocycles. The SMILES string of the molecule is COc1ccccc1[C@@H](CNC(=O)c1oc2cc(C)c(C)cc2c1C)N(C)C. The highest BCUT2D eigenvalue weighted by molar-refractivity contribution is 5.99. The lowest BCUT2D eigenvalue weighted by atomic mass is 10.0. The highest BCUT2D eigenvalue weighted by Crippen LogP contribution is 2.29. The number of fused-ring (bicyclic) bond motifs is 1. The number of benzene rings is 2. The molecular weight excluding hydrogens is 352 g/mol. The lowest BCUT2D eigenvalue weighted by Crippen LogP contribution is -2.34. The van der Waals surface area contributed by atoms with Gasteiger partial charge in [0.25, 0.3) is 5.91 Å². The Balaban J connectivity index is 1.84. The predicted octanol–water partition coefficient (Wildman–Crippen LogP) is 4.40. The molecule has 0 saturated carbocycles. The molecule has 0 unspecified atom stereocenters. The molecule has 1 heterocycles. The Morgan fingerprint density at radius 2 is 1.82 bits per heavy atom. The number of nitrogens with zero attached hydrogens (tertiary/aromatic N) is 1. The van der Waals surface area contributed by atoms with Gasteiger partial charge in [-0.05, 0) is 64.2 Å². The number of likely N-dealkylation sites (N-methyl/N-ethyl adjacent to an activating group) is 1. The van der Waals surface area contributed by atoms with Crippen LogP contribution >= 0.6 is 0 Å². The van der Waals surface area contributed by atoms with E-state index in [1.807, 2.05) is 58.3 Å². The first-order chi connectivity index (χ1) is 13.3. The van der Waals surface area contributed by atoms with E-state index in [2.05, 4.69) is 23.2 Å². The van der Waals surface area contributed by atoms with Crippen LogP contribution in [0.4, 0.5) is 0 Å². The van der Waals surface area contributed by atoms with Crippen molar-refractivity contribution < 1.29 is 13.9 Å². The minimum absolute atomic E-state index is 0.0192. The molecule has 0 bridgehead atoms. The topological polar surface area (TPSA) is 54.7 Å². The summed E-state index contributed by atoms with van der Waals surface area (Å²) in [5.74, 6) is 0.976. The van der Waals surface area contributed by atoms with Gasteiger partial charge < -0.3 is 19.4 Å². The Bertz CT molecular complexity index is 1000. The van der Waals surface area contributed by atoms with Crippen LogP contribution < -0.4 is 10.1 Å². The quantitative estimate of drug-likeness (QED) is 0.689. The van der Waals surface area contributed by atoms with Crippen LogP contribution in [0.25, 0.3) is 11.0 Å². The van der Waals surface area contributed by atoms with Crippen molar-refractivity contribution >= 4 is 16.9 Å². The maximum absolute atomic E-state index is 12.9. The number of amides is 1. The van der Waals surface area contributed by atoms with E-state index < -0.39 is 0 Å². The molecule has 28 heavy (non-hydrogen) atoms. The van der Waals surface area contributed by atoms with Crippen LogP contribution in [-0.2, 0) is 0 Å². The molecule has 1 aromatic heterocycles. The average molecular weight is 380 g/mol. The van der Waals surface area contributed by atoms with Gasteiger partial charge in [-0.3, -0.25) is 4.79 Å². The van der Waals surface area contributed by atoms with Gasteiger partial charge in [0.2, 0.25) is 0 Å². The maximum Gasteiger partial charge on any atom is 0.287 e. The van der Waals surface area contributed by atoms with Crippen LogP contribution in [0, 0.1) is 20.8 Å². The van der Waals surface area contributed by atoms with E-state index in [0.717, 1.165) is 33.4 Å². The summed E-state index contributed by atoms with van der Waals surface area (Å²) in [4.78, 5) is 14.9. The zero-order valence-electron chi connectivity index (χ0n) is 17.4. The Hall–Kier alpha value is -2.79. The lowest BCUT2D eigenvalue weighted by Gasteiger charge is -2.26. The molecule has 3 aromatic rings. The van der Waals surface area contributed by atoms with Gasteiger partial charge in [0, 0.05) is 23.1 Å². The number of furan rings is 1. The highest BCUT2D eigenvalue weighted by Gasteiger charge is 2.22. The number of hydrogen-bond donors (Lipinski definition) is 1. The van der Waals surface area contributed by atoms with E-state index in [0.29, 0.717) is 12.3 Å². The van der Waals surface area contributed by atoms with E-state index in [1.165, 1.54) is 5.56 Å². The van der Waals surface area contributed by atoms with Crippen molar-refractivity contribution in [2.75, 3.05) is 27.7 Å². The van der Waals surface area contributed by atoms with E-state index in [4.69, 9.17) is 9.15 Å². The van der Waals surface area contributed by atoms with Crippen LogP contribution in [0.5, 0.6) is 5.75 Å². The van der Waals surface area contributed by atoms with Gasteiger partial charge in [0.15, 0.2) is 5.76 Å². The second kappa shape index (κ2) is 8.07. The van der Waals surface area contributed by atoms with Crippen LogP contribution in [0.1, 0.15) is 38.9 Å². The number of methoxy groups -OCH3 is 1. The number of nitrogens with one attached hydrogen (secondary N) is 1. The van der Waals surface area contributed by atoms with Crippen LogP contribution in [0.3, 0.4) is 0 Å². The Labute approximate surface area is 166 Å². The second-order valence-corrected chi connectivity index (χ2v) is 7.42. The molecule has 1 atom stereocenters. The minimum atomic E-state index is -0.203. The number of para-hydroxylation sites is 1. The molecule has 1 amide bonds. The second-order valence-electron chi connectivity index (χ2n) is 7.42. The van der Waals surface area contributed by atoms with Crippen molar-refractivity contribution in [1.29, 1.82) is 0 Å². The van der Waals surface area contributed by atoms with E-state index in [-0.39, 0.29) is 11.9 Å². The van der Waals surface area contributed by atoms with E-state index in [1.54, 1.807) is 7.11 Å². The molecule has 0 fully saturated rings. The van der Waals surface area contributed by atoms with E-state index in [9.17, 15) is 4.79 Å². The first-order valence-electron chi connectivity index (χ1n) is 9.41. The Morgan fingerprint density at radius 3 is 2.50 bits per heavy atom. The zero-order valence-corrected chi connectivity index (χ0v) is 17.4. The molecule has 0 aliphatic heterocycles. The van der Waals surface area contributed by atoms with Crippen molar-refractivity contribution in [3.8, 4) is 5.75 Å². The third-order valence-corrected chi connectivity index (χ3v) is 5.34. The molecule has 148 valence electrons. The fourth-order valence-electron chi connectivity index (χ4n) is 3.47. The number of carbonyl (C=O) groups excluding carboxylic acids is 1. The third-order valence-electron chi connectivity index (χ3n) is 5.34. The lowest BCUT2D eigenvalue weighted by molar-refractivity contribution is 0.0915. The summed E-state index contributed by atoms with van der Waals surface area (Å²) < 4.78 is 11.4. The highest BCUT2D eigenvalue weighted by atomic mass is 16.5. The molecular formula is C23H28N2O3. The Kier molecular flexibility index (Phi) is 5.75. The zero-order chi connectivity index (χ0) is 20.4. The van der Waals surface area contributed by atoms with Crippen LogP contribution in [0.2, 0.25) is 0 Å².